The number of nitrogens with zero attached hydrogens (tertiary/aromatic N) is 2. The summed E-state index contributed by atoms with van der Waals surface area (Å²) in [6.45, 7) is 3.55. The van der Waals surface area contributed by atoms with E-state index in [0.29, 0.717) is 12.5 Å². The molecule has 0 heterocycles. The summed E-state index contributed by atoms with van der Waals surface area (Å²) in [5, 5.41) is 5.67. The minimum Gasteiger partial charge on any atom is -0.356 e. The van der Waals surface area contributed by atoms with Crippen molar-refractivity contribution in [1.82, 2.24) is 15.1 Å². The van der Waals surface area contributed by atoms with E-state index in [1.807, 2.05) is 0 Å². The molecule has 4 nitrogen and oxygen atoms in total. The summed E-state index contributed by atoms with van der Waals surface area (Å²) < 4.78 is 0. The Morgan fingerprint density at radius 2 is 1.85 bits per heavy atom. The zero-order valence-corrected chi connectivity index (χ0v) is 16.1. The topological polar surface area (TPSA) is 35.6 Å². The van der Waals surface area contributed by atoms with Crippen LogP contribution in [0.5, 0.6) is 0 Å². The normalized spacial score (nSPS) is 14.3. The molecule has 0 radical (unpaired) electrons. The van der Waals surface area contributed by atoms with Crippen LogP contribution in [0.1, 0.15) is 31.2 Å². The summed E-state index contributed by atoms with van der Waals surface area (Å²) in [7, 11) is 4.12. The minimum absolute atomic E-state index is 0.173. The third kappa shape index (κ3) is 5.55. The lowest BCUT2D eigenvalue weighted by molar-refractivity contribution is -0.121. The standard InChI is InChI=1S/C22H31N3O/c1-24(2)15-6-14-23-22(26)13-16-25(20-11-12-20)17-19-9-5-8-18-7-3-4-10-21(18)19/h3-5,7-10,20H,6,11-17H2,1-2H3,(H,23,26). The van der Waals surface area contributed by atoms with Crippen molar-refractivity contribution in [3.8, 4) is 0 Å². The Morgan fingerprint density at radius 1 is 1.08 bits per heavy atom. The van der Waals surface area contributed by atoms with Crippen LogP contribution in [-0.2, 0) is 11.3 Å². The smallest absolute Gasteiger partial charge is 0.221 e. The van der Waals surface area contributed by atoms with Gasteiger partial charge in [0.1, 0.15) is 0 Å². The van der Waals surface area contributed by atoms with Crippen LogP contribution >= 0.6 is 0 Å². The summed E-state index contributed by atoms with van der Waals surface area (Å²) in [5.41, 5.74) is 1.36. The van der Waals surface area contributed by atoms with Gasteiger partial charge in [-0.25, -0.2) is 0 Å². The molecular formula is C22H31N3O. The minimum atomic E-state index is 0.173. The number of benzene rings is 2. The zero-order chi connectivity index (χ0) is 18.4. The van der Waals surface area contributed by atoms with E-state index in [1.165, 1.54) is 29.2 Å². The summed E-state index contributed by atoms with van der Waals surface area (Å²) in [6.07, 6.45) is 4.11. The molecular weight excluding hydrogens is 322 g/mol. The third-order valence-electron chi connectivity index (χ3n) is 5.05. The van der Waals surface area contributed by atoms with Crippen molar-refractivity contribution in [3.05, 3.63) is 48.0 Å². The molecule has 0 bridgehead atoms. The second kappa shape index (κ2) is 9.15. The molecule has 1 aliphatic carbocycles. The quantitative estimate of drug-likeness (QED) is 0.666. The molecule has 0 aliphatic heterocycles. The molecule has 1 saturated carbocycles. The van der Waals surface area contributed by atoms with E-state index >= 15 is 0 Å². The Morgan fingerprint density at radius 3 is 2.62 bits per heavy atom. The van der Waals surface area contributed by atoms with Crippen molar-refractivity contribution in [2.75, 3.05) is 33.7 Å². The fraction of sp³-hybridized carbons (Fsp3) is 0.500. The largest absolute Gasteiger partial charge is 0.356 e. The van der Waals surface area contributed by atoms with Gasteiger partial charge in [0.05, 0.1) is 0 Å². The first kappa shape index (κ1) is 18.9. The Hall–Kier alpha value is -1.91. The highest BCUT2D eigenvalue weighted by atomic mass is 16.1. The molecule has 1 aliphatic rings. The van der Waals surface area contributed by atoms with Gasteiger partial charge in [-0.05, 0) is 56.2 Å². The molecule has 0 atom stereocenters. The molecule has 140 valence electrons. The van der Waals surface area contributed by atoms with E-state index in [1.54, 1.807) is 0 Å². The van der Waals surface area contributed by atoms with Gasteiger partial charge in [-0.3, -0.25) is 9.69 Å². The Balaban J connectivity index is 1.52. The van der Waals surface area contributed by atoms with Crippen molar-refractivity contribution in [2.24, 2.45) is 0 Å². The van der Waals surface area contributed by atoms with Gasteiger partial charge < -0.3 is 10.2 Å². The Labute approximate surface area is 157 Å². The summed E-state index contributed by atoms with van der Waals surface area (Å²) in [4.78, 5) is 16.8. The molecule has 2 aromatic carbocycles. The van der Waals surface area contributed by atoms with E-state index in [9.17, 15) is 4.79 Å². The number of hydrogen-bond acceptors (Lipinski definition) is 3. The van der Waals surface area contributed by atoms with Gasteiger partial charge in [0.15, 0.2) is 0 Å². The van der Waals surface area contributed by atoms with E-state index in [-0.39, 0.29) is 5.91 Å². The van der Waals surface area contributed by atoms with Gasteiger partial charge in [0, 0.05) is 32.1 Å². The van der Waals surface area contributed by atoms with Gasteiger partial charge in [0.25, 0.3) is 0 Å². The van der Waals surface area contributed by atoms with Crippen molar-refractivity contribution in [3.63, 3.8) is 0 Å². The van der Waals surface area contributed by atoms with Crippen molar-refractivity contribution in [2.45, 2.75) is 38.3 Å². The number of carbonyl (C=O) groups excluding carboxylic acids is 1. The van der Waals surface area contributed by atoms with Crippen LogP contribution in [0.25, 0.3) is 10.8 Å². The maximum atomic E-state index is 12.1. The Kier molecular flexibility index (Phi) is 6.64. The molecule has 1 fully saturated rings. The maximum Gasteiger partial charge on any atom is 0.221 e. The molecule has 0 saturated heterocycles. The number of amides is 1. The fourth-order valence-electron chi connectivity index (χ4n) is 3.44. The van der Waals surface area contributed by atoms with Gasteiger partial charge in [-0.1, -0.05) is 42.5 Å². The Bertz CT molecular complexity index is 719. The van der Waals surface area contributed by atoms with Gasteiger partial charge in [0.2, 0.25) is 5.91 Å². The molecule has 3 rings (SSSR count). The first-order chi connectivity index (χ1) is 12.6. The third-order valence-corrected chi connectivity index (χ3v) is 5.05. The first-order valence-corrected chi connectivity index (χ1v) is 9.75. The number of hydrogen-bond donors (Lipinski definition) is 1. The highest BCUT2D eigenvalue weighted by molar-refractivity contribution is 5.85. The average Bonchev–Trinajstić information content (AvgIpc) is 3.47. The average molecular weight is 354 g/mol. The van der Waals surface area contributed by atoms with E-state index in [0.717, 1.165) is 32.6 Å². The number of fused-ring (bicyclic) bond motifs is 1. The lowest BCUT2D eigenvalue weighted by Gasteiger charge is -2.22. The van der Waals surface area contributed by atoms with E-state index in [2.05, 4.69) is 71.7 Å². The lowest BCUT2D eigenvalue weighted by Crippen LogP contribution is -2.33. The number of nitrogens with one attached hydrogen (secondary N) is 1. The van der Waals surface area contributed by atoms with Gasteiger partial charge >= 0.3 is 0 Å². The highest BCUT2D eigenvalue weighted by Gasteiger charge is 2.29. The highest BCUT2D eigenvalue weighted by Crippen LogP contribution is 2.30. The SMILES string of the molecule is CN(C)CCCNC(=O)CCN(Cc1cccc2ccccc12)C1CC1. The van der Waals surface area contributed by atoms with Crippen LogP contribution in [0.3, 0.4) is 0 Å². The lowest BCUT2D eigenvalue weighted by atomic mass is 10.0. The van der Waals surface area contributed by atoms with Crippen LogP contribution in [-0.4, -0.2) is 55.5 Å². The fourth-order valence-corrected chi connectivity index (χ4v) is 3.44. The van der Waals surface area contributed by atoms with Crippen LogP contribution in [0.15, 0.2) is 42.5 Å². The predicted molar refractivity (Wildman–Crippen MR) is 108 cm³/mol. The summed E-state index contributed by atoms with van der Waals surface area (Å²) in [5.74, 6) is 0.173. The van der Waals surface area contributed by atoms with Gasteiger partial charge in [-0.15, -0.1) is 0 Å². The maximum absolute atomic E-state index is 12.1. The predicted octanol–water partition coefficient (Wildman–Crippen LogP) is 3.26. The van der Waals surface area contributed by atoms with E-state index < -0.39 is 0 Å². The molecule has 4 heteroatoms. The molecule has 26 heavy (non-hydrogen) atoms. The molecule has 0 aromatic heterocycles. The van der Waals surface area contributed by atoms with Crippen LogP contribution in [0.2, 0.25) is 0 Å². The second-order valence-electron chi connectivity index (χ2n) is 7.60. The molecule has 0 unspecified atom stereocenters. The van der Waals surface area contributed by atoms with Gasteiger partial charge in [-0.2, -0.15) is 0 Å². The molecule has 1 amide bonds. The number of carbonyl (C=O) groups is 1. The summed E-state index contributed by atoms with van der Waals surface area (Å²) >= 11 is 0. The van der Waals surface area contributed by atoms with Crippen LogP contribution in [0, 0.1) is 0 Å². The van der Waals surface area contributed by atoms with Crippen molar-refractivity contribution in [1.29, 1.82) is 0 Å². The second-order valence-corrected chi connectivity index (χ2v) is 7.60. The zero-order valence-electron chi connectivity index (χ0n) is 16.1. The van der Waals surface area contributed by atoms with Crippen LogP contribution in [0.4, 0.5) is 0 Å². The molecule has 1 N–H and O–H groups in total. The van der Waals surface area contributed by atoms with E-state index in [4.69, 9.17) is 0 Å². The summed E-state index contributed by atoms with van der Waals surface area (Å²) in [6, 6.07) is 15.7. The number of rotatable bonds is 10. The molecule has 0 spiro atoms. The molecule has 2 aromatic rings. The van der Waals surface area contributed by atoms with Crippen molar-refractivity contribution < 1.29 is 4.79 Å². The van der Waals surface area contributed by atoms with Crippen molar-refractivity contribution >= 4 is 16.7 Å². The monoisotopic (exact) mass is 353 g/mol. The first-order valence-electron chi connectivity index (χ1n) is 9.75. The van der Waals surface area contributed by atoms with Crippen LogP contribution < -0.4 is 5.32 Å².